The van der Waals surface area contributed by atoms with Crippen LogP contribution in [0.15, 0.2) is 165 Å². The van der Waals surface area contributed by atoms with Crippen molar-refractivity contribution in [2.45, 2.75) is 0 Å². The van der Waals surface area contributed by atoms with Crippen LogP contribution < -0.4 is 22.2 Å². The molecule has 8 aromatic carbocycles. The zero-order chi connectivity index (χ0) is 50.3. The Morgan fingerprint density at radius 3 is 0.653 bits per heavy atom. The predicted octanol–water partition coefficient (Wildman–Crippen LogP) is 12.1. The van der Waals surface area contributed by atoms with E-state index in [2.05, 4.69) is 46.4 Å². The summed E-state index contributed by atoms with van der Waals surface area (Å²) >= 11 is 18.6. The molecule has 0 saturated carbocycles. The van der Waals surface area contributed by atoms with Gasteiger partial charge in [-0.1, -0.05) is 48.5 Å². The number of benzene rings is 8. The minimum Gasteiger partial charge on any atom is -0.268 e. The van der Waals surface area contributed by atoms with Gasteiger partial charge >= 0.3 is 0 Å². The number of hydrogen-bond donors (Lipinski definition) is 0. The first-order chi connectivity index (χ1) is 35.4. The second-order valence-corrected chi connectivity index (χ2v) is 16.4. The fraction of sp³-hybridized carbons (Fsp3) is 0.0714. The molecule has 0 bridgehead atoms. The largest absolute Gasteiger partial charge is 0.268 e. The van der Waals surface area contributed by atoms with E-state index in [9.17, 15) is 19.2 Å². The molecule has 0 N–H and O–H groups in total. The van der Waals surface area contributed by atoms with Gasteiger partial charge in [-0.05, 0) is 97.1 Å². The van der Waals surface area contributed by atoms with Crippen LogP contribution >= 0.6 is 46.4 Å². The van der Waals surface area contributed by atoms with Gasteiger partial charge in [-0.3, -0.25) is 36.8 Å². The van der Waals surface area contributed by atoms with Crippen LogP contribution in [0.5, 0.6) is 0 Å². The van der Waals surface area contributed by atoms with Crippen LogP contribution in [0.1, 0.15) is 0 Å². The summed E-state index contributed by atoms with van der Waals surface area (Å²) in [7, 11) is 0. The van der Waals surface area contributed by atoms with Gasteiger partial charge in [-0.25, -0.2) is 19.9 Å². The van der Waals surface area contributed by atoms with Crippen molar-refractivity contribution in [3.63, 3.8) is 0 Å². The number of aromatic nitrogens is 8. The molecule has 0 fully saturated rings. The standard InChI is InChI=1S/2C26H12N4O2.4CH3Cl/c31-25-15-12-10-14-22-16(26(32)30-20-8-4-2-6-18(20)28-24(14)30)11-9-13(21(15)22)23-27-17-5-1-3-7-19(17)29(23)25;31-25-15-11-12-16-22-14(24-28-18-6-2-4-8-20(18)30(24)26(16)32)10-9-13(21(15)22)23-27-17-5-1-3-7-19(17)29(23)25;4*1-2/h2*1-12H;4*1H3. The van der Waals surface area contributed by atoms with Gasteiger partial charge in [0, 0.05) is 90.2 Å². The summed E-state index contributed by atoms with van der Waals surface area (Å²) in [6, 6.07) is 45.6. The summed E-state index contributed by atoms with van der Waals surface area (Å²) in [6.07, 6.45) is 5.89. The van der Waals surface area contributed by atoms with Crippen molar-refractivity contribution in [3.05, 3.63) is 187 Å². The van der Waals surface area contributed by atoms with Crippen molar-refractivity contribution in [2.75, 3.05) is 25.5 Å². The van der Waals surface area contributed by atoms with Gasteiger partial charge in [0.1, 0.15) is 22.6 Å². The molecule has 16 aromatic rings. The highest BCUT2D eigenvalue weighted by Crippen LogP contribution is 2.38. The third kappa shape index (κ3) is 6.26. The van der Waals surface area contributed by atoms with Gasteiger partial charge in [0.15, 0.2) is 0 Å². The fourth-order valence-electron chi connectivity index (χ4n) is 10.6. The highest BCUT2D eigenvalue weighted by Gasteiger charge is 2.24. The molecule has 0 aliphatic heterocycles. The lowest BCUT2D eigenvalue weighted by molar-refractivity contribution is 1.18. The van der Waals surface area contributed by atoms with E-state index in [0.29, 0.717) is 44.1 Å². The van der Waals surface area contributed by atoms with Crippen molar-refractivity contribution in [2.24, 2.45) is 0 Å². The van der Waals surface area contributed by atoms with E-state index in [0.717, 1.165) is 87.2 Å². The van der Waals surface area contributed by atoms with Gasteiger partial charge in [0.05, 0.1) is 44.1 Å². The third-order valence-electron chi connectivity index (χ3n) is 13.3. The van der Waals surface area contributed by atoms with Crippen LogP contribution in [-0.4, -0.2) is 63.1 Å². The Hall–Kier alpha value is -8.00. The first kappa shape index (κ1) is 46.4. The second kappa shape index (κ2) is 18.0. The number of fused-ring (bicyclic) bond motifs is 16. The Balaban J connectivity index is 0.000000137. The molecule has 352 valence electrons. The summed E-state index contributed by atoms with van der Waals surface area (Å²) in [4.78, 5) is 73.4. The molecule has 0 atom stereocenters. The number of imidazole rings is 4. The monoisotopic (exact) mass is 1020 g/mol. The lowest BCUT2D eigenvalue weighted by atomic mass is 9.96. The van der Waals surface area contributed by atoms with Crippen LogP contribution in [0.4, 0.5) is 0 Å². The molecule has 0 saturated heterocycles. The van der Waals surface area contributed by atoms with Gasteiger partial charge < -0.3 is 0 Å². The molecule has 0 unspecified atom stereocenters. The number of rotatable bonds is 0. The molecule has 8 aromatic heterocycles. The van der Waals surface area contributed by atoms with Crippen LogP contribution in [0, 0.1) is 0 Å². The highest BCUT2D eigenvalue weighted by molar-refractivity contribution is 6.29. The molecule has 0 spiro atoms. The number of halogens is 4. The maximum Gasteiger partial charge on any atom is 0.264 e. The van der Waals surface area contributed by atoms with Crippen LogP contribution in [-0.2, 0) is 0 Å². The molecular formula is C56H36Cl4N8O4. The van der Waals surface area contributed by atoms with E-state index < -0.39 is 0 Å². The summed E-state index contributed by atoms with van der Waals surface area (Å²) in [5.74, 6) is 0. The summed E-state index contributed by atoms with van der Waals surface area (Å²) in [6.45, 7) is 0. The molecule has 0 aliphatic carbocycles. The minimum absolute atomic E-state index is 0.128. The SMILES string of the molecule is CCl.CCl.CCl.CCl.O=c1c2ccc3c(=O)n4c5ccccc5nc4c4ccc(c2c34)c2nc3ccccc3n12.O=c1c2ccc3c4c(ccc(c24)c2nc4ccccc4n12)c(=O)n1c2ccccc2nc31. The van der Waals surface area contributed by atoms with E-state index in [1.54, 1.807) is 29.7 Å². The zero-order valence-electron chi connectivity index (χ0n) is 38.6. The van der Waals surface area contributed by atoms with E-state index in [1.807, 2.05) is 133 Å². The Bertz CT molecular complexity index is 4460. The number of para-hydroxylation sites is 8. The van der Waals surface area contributed by atoms with Gasteiger partial charge in [-0.15, -0.1) is 46.4 Å². The lowest BCUT2D eigenvalue weighted by Gasteiger charge is -2.12. The average Bonchev–Trinajstić information content (AvgIpc) is 4.24. The minimum atomic E-state index is -0.128. The normalized spacial score (nSPS) is 11.6. The van der Waals surface area contributed by atoms with Crippen LogP contribution in [0.25, 0.3) is 131 Å². The van der Waals surface area contributed by atoms with E-state index in [-0.39, 0.29) is 22.2 Å². The summed E-state index contributed by atoms with van der Waals surface area (Å²) in [5, 5.41) is 8.84. The van der Waals surface area contributed by atoms with Gasteiger partial charge in [-0.2, -0.15) is 0 Å². The molecule has 72 heavy (non-hydrogen) atoms. The molecule has 16 heteroatoms. The van der Waals surface area contributed by atoms with Crippen molar-refractivity contribution < 1.29 is 0 Å². The summed E-state index contributed by atoms with van der Waals surface area (Å²) in [5.41, 5.74) is 8.13. The van der Waals surface area contributed by atoms with Crippen molar-refractivity contribution in [1.82, 2.24) is 37.5 Å². The molecule has 16 rings (SSSR count). The Kier molecular flexibility index (Phi) is 11.6. The Labute approximate surface area is 425 Å². The lowest BCUT2D eigenvalue weighted by Crippen LogP contribution is -2.16. The third-order valence-corrected chi connectivity index (χ3v) is 13.3. The van der Waals surface area contributed by atoms with Gasteiger partial charge in [0.25, 0.3) is 22.2 Å². The number of nitrogens with zero attached hydrogens (tertiary/aromatic N) is 8. The fourth-order valence-corrected chi connectivity index (χ4v) is 10.6. The van der Waals surface area contributed by atoms with E-state index in [1.165, 1.54) is 25.5 Å². The Morgan fingerprint density at radius 1 is 0.264 bits per heavy atom. The molecule has 12 nitrogen and oxygen atoms in total. The smallest absolute Gasteiger partial charge is 0.264 e. The molecule has 0 radical (unpaired) electrons. The van der Waals surface area contributed by atoms with Crippen LogP contribution in [0.2, 0.25) is 0 Å². The van der Waals surface area contributed by atoms with E-state index >= 15 is 0 Å². The van der Waals surface area contributed by atoms with Crippen molar-refractivity contribution in [3.8, 4) is 0 Å². The molecule has 8 heterocycles. The zero-order valence-corrected chi connectivity index (χ0v) is 41.6. The molecule has 0 amide bonds. The first-order valence-corrected chi connectivity index (χ1v) is 25.3. The molecule has 0 aliphatic rings. The number of alkyl halides is 4. The van der Waals surface area contributed by atoms with E-state index in [4.69, 9.17) is 19.9 Å². The van der Waals surface area contributed by atoms with Crippen molar-refractivity contribution in [1.29, 1.82) is 0 Å². The topological polar surface area (TPSA) is 137 Å². The first-order valence-electron chi connectivity index (χ1n) is 22.3. The predicted molar refractivity (Wildman–Crippen MR) is 300 cm³/mol. The van der Waals surface area contributed by atoms with Crippen molar-refractivity contribution >= 4 is 178 Å². The highest BCUT2D eigenvalue weighted by atomic mass is 35.5. The number of hydrogen-bond acceptors (Lipinski definition) is 8. The second-order valence-electron chi connectivity index (χ2n) is 16.4. The van der Waals surface area contributed by atoms with Gasteiger partial charge in [0.2, 0.25) is 0 Å². The van der Waals surface area contributed by atoms with Crippen LogP contribution in [0.3, 0.4) is 0 Å². The Morgan fingerprint density at radius 2 is 0.444 bits per heavy atom. The average molecular weight is 1030 g/mol. The maximum atomic E-state index is 13.6. The maximum absolute atomic E-state index is 13.6. The quantitative estimate of drug-likeness (QED) is 0.108. The molecular weight excluding hydrogens is 990 g/mol. The summed E-state index contributed by atoms with van der Waals surface area (Å²) < 4.78 is 6.70. The number of pyridine rings is 4.